The van der Waals surface area contributed by atoms with Gasteiger partial charge in [0.15, 0.2) is 0 Å². The lowest BCUT2D eigenvalue weighted by molar-refractivity contribution is 0.691. The molecular formula is C42H29N3S. The van der Waals surface area contributed by atoms with Crippen LogP contribution < -0.4 is 0 Å². The molecule has 0 saturated heterocycles. The first kappa shape index (κ1) is 27.8. The Morgan fingerprint density at radius 2 is 1.59 bits per heavy atom. The fraction of sp³-hybridized carbons (Fsp3) is 0.0952. The number of rotatable bonds is 4. The standard InChI is InChI=1S/C42H29N3S/c1-4-5-6-10-28-23-42(2,3)39-30(28)17-18-33-35-22-27(16-20-38(35)46-41(33)39)31-13-9-11-29(25-44)40(31)45-36-14-8-7-12-32(36)34-21-26(24-43)15-19-37(34)45/h4-23H,1-3H3/b5-4-,10-6-. The molecule has 5 aromatic carbocycles. The van der Waals surface area contributed by atoms with Gasteiger partial charge in [0.25, 0.3) is 0 Å². The van der Waals surface area contributed by atoms with Crippen LogP contribution in [0.25, 0.3) is 64.4 Å². The van der Waals surface area contributed by atoms with E-state index in [0.717, 1.165) is 38.6 Å². The van der Waals surface area contributed by atoms with Gasteiger partial charge >= 0.3 is 0 Å². The summed E-state index contributed by atoms with van der Waals surface area (Å²) in [6.07, 6.45) is 10.8. The van der Waals surface area contributed by atoms with E-state index in [1.54, 1.807) is 0 Å². The van der Waals surface area contributed by atoms with Crippen LogP contribution in [-0.4, -0.2) is 4.57 Å². The molecule has 2 aromatic heterocycles. The first-order valence-electron chi connectivity index (χ1n) is 15.4. The van der Waals surface area contributed by atoms with Gasteiger partial charge in [-0.05, 0) is 71.7 Å². The molecule has 1 aliphatic rings. The van der Waals surface area contributed by atoms with Gasteiger partial charge in [0.1, 0.15) is 6.07 Å². The van der Waals surface area contributed by atoms with Crippen molar-refractivity contribution in [3.63, 3.8) is 0 Å². The number of hydrogen-bond acceptors (Lipinski definition) is 3. The molecule has 0 saturated carbocycles. The Balaban J connectivity index is 1.37. The van der Waals surface area contributed by atoms with Crippen molar-refractivity contribution in [3.8, 4) is 29.0 Å². The molecule has 7 aromatic rings. The van der Waals surface area contributed by atoms with Crippen molar-refractivity contribution in [3.05, 3.63) is 144 Å². The Morgan fingerprint density at radius 1 is 0.739 bits per heavy atom. The summed E-state index contributed by atoms with van der Waals surface area (Å²) in [5, 5.41) is 24.6. The van der Waals surface area contributed by atoms with Crippen LogP contribution in [0.5, 0.6) is 0 Å². The highest BCUT2D eigenvalue weighted by molar-refractivity contribution is 7.26. The number of nitriles is 2. The quantitative estimate of drug-likeness (QED) is 0.187. The molecule has 0 N–H and O–H groups in total. The van der Waals surface area contributed by atoms with Crippen LogP contribution in [-0.2, 0) is 5.41 Å². The number of nitrogens with zero attached hydrogens (tertiary/aromatic N) is 3. The molecule has 46 heavy (non-hydrogen) atoms. The zero-order valence-electron chi connectivity index (χ0n) is 25.8. The summed E-state index contributed by atoms with van der Waals surface area (Å²) in [5.41, 5.74) is 9.98. The fourth-order valence-electron chi connectivity index (χ4n) is 7.23. The second-order valence-corrected chi connectivity index (χ2v) is 13.4. The number of aromatic nitrogens is 1. The molecule has 0 fully saturated rings. The van der Waals surface area contributed by atoms with Gasteiger partial charge in [0, 0.05) is 41.9 Å². The van der Waals surface area contributed by atoms with E-state index in [1.807, 2.05) is 66.8 Å². The maximum absolute atomic E-state index is 10.4. The topological polar surface area (TPSA) is 52.5 Å². The van der Waals surface area contributed by atoms with Crippen molar-refractivity contribution in [2.24, 2.45) is 0 Å². The highest BCUT2D eigenvalue weighted by Gasteiger charge is 2.32. The van der Waals surface area contributed by atoms with Gasteiger partial charge in [-0.2, -0.15) is 10.5 Å². The van der Waals surface area contributed by atoms with Gasteiger partial charge in [-0.25, -0.2) is 0 Å². The minimum absolute atomic E-state index is 0.0790. The Labute approximate surface area is 271 Å². The van der Waals surface area contributed by atoms with E-state index in [-0.39, 0.29) is 5.41 Å². The number of para-hydroxylation sites is 2. The zero-order valence-corrected chi connectivity index (χ0v) is 26.6. The Kier molecular flexibility index (Phi) is 6.33. The number of allylic oxidation sites excluding steroid dienone is 6. The third-order valence-electron chi connectivity index (χ3n) is 9.18. The van der Waals surface area contributed by atoms with Gasteiger partial charge < -0.3 is 4.57 Å². The van der Waals surface area contributed by atoms with E-state index in [4.69, 9.17) is 0 Å². The number of benzene rings is 5. The van der Waals surface area contributed by atoms with E-state index in [1.165, 1.54) is 36.9 Å². The van der Waals surface area contributed by atoms with Crippen molar-refractivity contribution in [2.75, 3.05) is 0 Å². The Hall–Kier alpha value is -5.68. The average molecular weight is 608 g/mol. The molecule has 0 bridgehead atoms. The molecule has 0 atom stereocenters. The van der Waals surface area contributed by atoms with E-state index in [2.05, 4.69) is 103 Å². The molecule has 218 valence electrons. The summed E-state index contributed by atoms with van der Waals surface area (Å²) in [4.78, 5) is 0. The molecule has 0 radical (unpaired) electrons. The lowest BCUT2D eigenvalue weighted by Crippen LogP contribution is -2.10. The maximum Gasteiger partial charge on any atom is 0.101 e. The van der Waals surface area contributed by atoms with Gasteiger partial charge in [-0.15, -0.1) is 11.3 Å². The van der Waals surface area contributed by atoms with E-state index in [9.17, 15) is 10.5 Å². The van der Waals surface area contributed by atoms with E-state index in [0.29, 0.717) is 11.1 Å². The largest absolute Gasteiger partial charge is 0.307 e. The monoisotopic (exact) mass is 607 g/mol. The van der Waals surface area contributed by atoms with Crippen LogP contribution in [0.3, 0.4) is 0 Å². The summed E-state index contributed by atoms with van der Waals surface area (Å²) in [5.74, 6) is 0. The van der Waals surface area contributed by atoms with Crippen molar-refractivity contribution in [2.45, 2.75) is 26.2 Å². The normalized spacial score (nSPS) is 14.1. The van der Waals surface area contributed by atoms with Gasteiger partial charge in [0.2, 0.25) is 0 Å². The van der Waals surface area contributed by atoms with E-state index < -0.39 is 0 Å². The minimum atomic E-state index is -0.0790. The SMILES string of the molecule is C/C=C\C=C/C1=CC(C)(C)c2c1ccc1c2sc2ccc(-c3cccc(C#N)c3-n3c4ccccc4c4cc(C#N)ccc43)cc21. The second-order valence-electron chi connectivity index (χ2n) is 12.4. The summed E-state index contributed by atoms with van der Waals surface area (Å²) in [6, 6.07) is 36.1. The number of hydrogen-bond donors (Lipinski definition) is 0. The molecule has 4 heteroatoms. The molecule has 0 amide bonds. The molecule has 0 unspecified atom stereocenters. The van der Waals surface area contributed by atoms with Crippen molar-refractivity contribution in [1.29, 1.82) is 10.5 Å². The van der Waals surface area contributed by atoms with Gasteiger partial charge in [-0.1, -0.05) is 92.8 Å². The second kappa shape index (κ2) is 10.5. The lowest BCUT2D eigenvalue weighted by atomic mass is 9.86. The van der Waals surface area contributed by atoms with Crippen molar-refractivity contribution < 1.29 is 0 Å². The molecule has 0 aliphatic heterocycles. The predicted octanol–water partition coefficient (Wildman–Crippen LogP) is 11.4. The van der Waals surface area contributed by atoms with Gasteiger partial charge in [0.05, 0.1) is 33.9 Å². The Bertz CT molecular complexity index is 2590. The number of thiophene rings is 1. The first-order valence-corrected chi connectivity index (χ1v) is 16.2. The highest BCUT2D eigenvalue weighted by atomic mass is 32.1. The smallest absolute Gasteiger partial charge is 0.101 e. The molecule has 8 rings (SSSR count). The van der Waals surface area contributed by atoms with Crippen LogP contribution in [0.4, 0.5) is 0 Å². The zero-order chi connectivity index (χ0) is 31.6. The van der Waals surface area contributed by atoms with Crippen molar-refractivity contribution >= 4 is 58.9 Å². The van der Waals surface area contributed by atoms with Crippen molar-refractivity contribution in [1.82, 2.24) is 4.57 Å². The number of fused-ring (bicyclic) bond motifs is 8. The first-order chi connectivity index (χ1) is 22.4. The summed E-state index contributed by atoms with van der Waals surface area (Å²) < 4.78 is 4.78. The lowest BCUT2D eigenvalue weighted by Gasteiger charge is -2.18. The minimum Gasteiger partial charge on any atom is -0.307 e. The molecular weight excluding hydrogens is 579 g/mol. The summed E-state index contributed by atoms with van der Waals surface area (Å²) in [7, 11) is 0. The average Bonchev–Trinajstić information content (AvgIpc) is 3.70. The predicted molar refractivity (Wildman–Crippen MR) is 193 cm³/mol. The highest BCUT2D eigenvalue weighted by Crippen LogP contribution is 2.49. The summed E-state index contributed by atoms with van der Waals surface area (Å²) >= 11 is 1.87. The third kappa shape index (κ3) is 4.08. The van der Waals surface area contributed by atoms with E-state index >= 15 is 0 Å². The Morgan fingerprint density at radius 3 is 2.41 bits per heavy atom. The van der Waals surface area contributed by atoms with Gasteiger partial charge in [-0.3, -0.25) is 0 Å². The summed E-state index contributed by atoms with van der Waals surface area (Å²) in [6.45, 7) is 6.65. The molecule has 2 heterocycles. The molecule has 0 spiro atoms. The maximum atomic E-state index is 10.4. The third-order valence-corrected chi connectivity index (χ3v) is 10.4. The fourth-order valence-corrected chi connectivity index (χ4v) is 8.62. The molecule has 3 nitrogen and oxygen atoms in total. The molecule has 1 aliphatic carbocycles. The van der Waals surface area contributed by atoms with Crippen LogP contribution in [0.15, 0.2) is 121 Å². The van der Waals surface area contributed by atoms with Crippen LogP contribution in [0.2, 0.25) is 0 Å². The van der Waals surface area contributed by atoms with Crippen LogP contribution in [0, 0.1) is 22.7 Å². The van der Waals surface area contributed by atoms with Crippen LogP contribution in [0.1, 0.15) is 43.0 Å². The van der Waals surface area contributed by atoms with Crippen LogP contribution >= 0.6 is 11.3 Å².